The van der Waals surface area contributed by atoms with E-state index in [-0.39, 0.29) is 5.91 Å². The number of rotatable bonds is 6. The Morgan fingerprint density at radius 3 is 2.81 bits per heavy atom. The highest BCUT2D eigenvalue weighted by Crippen LogP contribution is 2.08. The maximum absolute atomic E-state index is 12.2. The van der Waals surface area contributed by atoms with Crippen LogP contribution in [0.5, 0.6) is 0 Å². The minimum Gasteiger partial charge on any atom is -0.379 e. The number of amides is 1. The highest BCUT2D eigenvalue weighted by atomic mass is 16.5. The van der Waals surface area contributed by atoms with Crippen molar-refractivity contribution < 1.29 is 9.53 Å². The summed E-state index contributed by atoms with van der Waals surface area (Å²) >= 11 is 0. The first kappa shape index (κ1) is 15.9. The van der Waals surface area contributed by atoms with Crippen LogP contribution in [0.4, 0.5) is 0 Å². The van der Waals surface area contributed by atoms with Gasteiger partial charge in [0.1, 0.15) is 0 Å². The topological polar surface area (TPSA) is 67.6 Å². The maximum atomic E-state index is 12.2. The molecule has 1 heterocycles. The fraction of sp³-hybridized carbons (Fsp3) is 0.562. The molecule has 0 bridgehead atoms. The van der Waals surface area contributed by atoms with E-state index in [9.17, 15) is 4.79 Å². The molecule has 5 heteroatoms. The third-order valence-corrected chi connectivity index (χ3v) is 3.77. The molecule has 1 aromatic rings. The van der Waals surface area contributed by atoms with E-state index in [1.54, 1.807) is 0 Å². The standard InChI is InChI=1S/C16H25N3O2/c1-13(12-19-6-8-21-9-7-19)11-18-16(20)15-5-3-2-4-14(15)10-17/h2-5,13H,6-12,17H2,1H3,(H,18,20). The molecule has 1 aliphatic heterocycles. The lowest BCUT2D eigenvalue weighted by atomic mass is 10.1. The second kappa shape index (κ2) is 8.12. The average molecular weight is 291 g/mol. The Morgan fingerprint density at radius 2 is 2.10 bits per heavy atom. The molecule has 5 nitrogen and oxygen atoms in total. The van der Waals surface area contributed by atoms with E-state index in [1.807, 2.05) is 24.3 Å². The van der Waals surface area contributed by atoms with Gasteiger partial charge in [0.2, 0.25) is 0 Å². The van der Waals surface area contributed by atoms with Crippen LogP contribution < -0.4 is 11.1 Å². The van der Waals surface area contributed by atoms with Crippen molar-refractivity contribution in [3.05, 3.63) is 35.4 Å². The number of nitrogens with two attached hydrogens (primary N) is 1. The number of benzene rings is 1. The molecule has 1 saturated heterocycles. The molecule has 1 fully saturated rings. The van der Waals surface area contributed by atoms with Gasteiger partial charge in [-0.25, -0.2) is 0 Å². The van der Waals surface area contributed by atoms with E-state index in [4.69, 9.17) is 10.5 Å². The predicted molar refractivity (Wildman–Crippen MR) is 83.1 cm³/mol. The Labute approximate surface area is 126 Å². The Hall–Kier alpha value is -1.43. The second-order valence-corrected chi connectivity index (χ2v) is 5.59. The molecule has 1 atom stereocenters. The molecule has 116 valence electrons. The third kappa shape index (κ3) is 4.81. The SMILES string of the molecule is CC(CNC(=O)c1ccccc1CN)CN1CCOCC1. The van der Waals surface area contributed by atoms with Gasteiger partial charge in [-0.05, 0) is 17.5 Å². The van der Waals surface area contributed by atoms with Crippen LogP contribution in [0.1, 0.15) is 22.8 Å². The molecule has 0 spiro atoms. The summed E-state index contributed by atoms with van der Waals surface area (Å²) in [5.74, 6) is 0.377. The highest BCUT2D eigenvalue weighted by Gasteiger charge is 2.15. The van der Waals surface area contributed by atoms with Crippen LogP contribution in [-0.4, -0.2) is 50.2 Å². The third-order valence-electron chi connectivity index (χ3n) is 3.77. The van der Waals surface area contributed by atoms with E-state index in [1.165, 1.54) is 0 Å². The van der Waals surface area contributed by atoms with Crippen molar-refractivity contribution in [3.8, 4) is 0 Å². The molecule has 2 rings (SSSR count). The number of carbonyl (C=O) groups is 1. The van der Waals surface area contributed by atoms with Gasteiger partial charge in [-0.3, -0.25) is 9.69 Å². The van der Waals surface area contributed by atoms with Gasteiger partial charge in [0.05, 0.1) is 13.2 Å². The molecule has 1 amide bonds. The molecule has 0 aliphatic carbocycles. The van der Waals surface area contributed by atoms with Crippen molar-refractivity contribution in [1.29, 1.82) is 0 Å². The molecular weight excluding hydrogens is 266 g/mol. The zero-order valence-electron chi connectivity index (χ0n) is 12.7. The summed E-state index contributed by atoms with van der Waals surface area (Å²) in [5, 5.41) is 3.01. The number of ether oxygens (including phenoxy) is 1. The van der Waals surface area contributed by atoms with E-state index in [2.05, 4.69) is 17.1 Å². The van der Waals surface area contributed by atoms with Crippen molar-refractivity contribution in [2.24, 2.45) is 11.7 Å². The summed E-state index contributed by atoms with van der Waals surface area (Å²) in [7, 11) is 0. The number of nitrogens with zero attached hydrogens (tertiary/aromatic N) is 1. The number of nitrogens with one attached hydrogen (secondary N) is 1. The first-order valence-corrected chi connectivity index (χ1v) is 7.57. The van der Waals surface area contributed by atoms with E-state index < -0.39 is 0 Å². The summed E-state index contributed by atoms with van der Waals surface area (Å²) in [6.07, 6.45) is 0. The molecule has 0 aromatic heterocycles. The van der Waals surface area contributed by atoms with Crippen LogP contribution in [0.3, 0.4) is 0 Å². The molecule has 1 aliphatic rings. The zero-order valence-corrected chi connectivity index (χ0v) is 12.7. The Kier molecular flexibility index (Phi) is 6.17. The van der Waals surface area contributed by atoms with Gasteiger partial charge in [-0.1, -0.05) is 25.1 Å². The van der Waals surface area contributed by atoms with E-state index in [0.717, 1.165) is 38.4 Å². The van der Waals surface area contributed by atoms with Gasteiger partial charge >= 0.3 is 0 Å². The lowest BCUT2D eigenvalue weighted by molar-refractivity contribution is 0.0317. The fourth-order valence-corrected chi connectivity index (χ4v) is 2.57. The predicted octanol–water partition coefficient (Wildman–Crippen LogP) is 0.843. The van der Waals surface area contributed by atoms with Crippen molar-refractivity contribution >= 4 is 5.91 Å². The van der Waals surface area contributed by atoms with Gasteiger partial charge in [0.25, 0.3) is 5.91 Å². The zero-order chi connectivity index (χ0) is 15.1. The van der Waals surface area contributed by atoms with Crippen molar-refractivity contribution in [2.75, 3.05) is 39.4 Å². The van der Waals surface area contributed by atoms with Crippen LogP contribution in [0.25, 0.3) is 0 Å². The van der Waals surface area contributed by atoms with Gasteiger partial charge in [-0.2, -0.15) is 0 Å². The summed E-state index contributed by atoms with van der Waals surface area (Å²) < 4.78 is 5.34. The van der Waals surface area contributed by atoms with E-state index >= 15 is 0 Å². The minimum atomic E-state index is -0.0372. The lowest BCUT2D eigenvalue weighted by Crippen LogP contribution is -2.41. The number of carbonyl (C=O) groups excluding carboxylic acids is 1. The normalized spacial score (nSPS) is 17.4. The summed E-state index contributed by atoms with van der Waals surface area (Å²) in [6, 6.07) is 7.49. The first-order chi connectivity index (χ1) is 10.2. The van der Waals surface area contributed by atoms with Crippen molar-refractivity contribution in [2.45, 2.75) is 13.5 Å². The molecular formula is C16H25N3O2. The highest BCUT2D eigenvalue weighted by molar-refractivity contribution is 5.95. The summed E-state index contributed by atoms with van der Waals surface area (Å²) in [6.45, 7) is 7.78. The Morgan fingerprint density at radius 1 is 1.38 bits per heavy atom. The molecule has 0 saturated carbocycles. The van der Waals surface area contributed by atoms with Crippen LogP contribution >= 0.6 is 0 Å². The maximum Gasteiger partial charge on any atom is 0.251 e. The van der Waals surface area contributed by atoms with Gasteiger partial charge in [0, 0.05) is 38.3 Å². The van der Waals surface area contributed by atoms with Gasteiger partial charge < -0.3 is 15.8 Å². The average Bonchev–Trinajstić information content (AvgIpc) is 2.53. The molecule has 1 aromatic carbocycles. The van der Waals surface area contributed by atoms with Crippen molar-refractivity contribution in [3.63, 3.8) is 0 Å². The van der Waals surface area contributed by atoms with E-state index in [0.29, 0.717) is 24.6 Å². The largest absolute Gasteiger partial charge is 0.379 e. The molecule has 3 N–H and O–H groups in total. The Balaban J connectivity index is 1.80. The second-order valence-electron chi connectivity index (χ2n) is 5.59. The van der Waals surface area contributed by atoms with Crippen LogP contribution in [0.15, 0.2) is 24.3 Å². The monoisotopic (exact) mass is 291 g/mol. The van der Waals surface area contributed by atoms with Crippen LogP contribution in [-0.2, 0) is 11.3 Å². The first-order valence-electron chi connectivity index (χ1n) is 7.57. The summed E-state index contributed by atoms with van der Waals surface area (Å²) in [4.78, 5) is 14.6. The minimum absolute atomic E-state index is 0.0372. The van der Waals surface area contributed by atoms with Gasteiger partial charge in [-0.15, -0.1) is 0 Å². The fourth-order valence-electron chi connectivity index (χ4n) is 2.57. The number of hydrogen-bond donors (Lipinski definition) is 2. The number of hydrogen-bond acceptors (Lipinski definition) is 4. The van der Waals surface area contributed by atoms with Crippen LogP contribution in [0.2, 0.25) is 0 Å². The Bertz CT molecular complexity index is 459. The van der Waals surface area contributed by atoms with Crippen molar-refractivity contribution in [1.82, 2.24) is 10.2 Å². The molecule has 21 heavy (non-hydrogen) atoms. The van der Waals surface area contributed by atoms with Gasteiger partial charge in [0.15, 0.2) is 0 Å². The molecule has 1 unspecified atom stereocenters. The number of morpholine rings is 1. The van der Waals surface area contributed by atoms with Crippen LogP contribution in [0, 0.1) is 5.92 Å². The lowest BCUT2D eigenvalue weighted by Gasteiger charge is -2.29. The summed E-state index contributed by atoms with van der Waals surface area (Å²) in [5.41, 5.74) is 7.23. The quantitative estimate of drug-likeness (QED) is 0.815. The smallest absolute Gasteiger partial charge is 0.251 e. The molecule has 0 radical (unpaired) electrons.